The van der Waals surface area contributed by atoms with Gasteiger partial charge in [-0.1, -0.05) is 6.92 Å². The second-order valence-corrected chi connectivity index (χ2v) is 7.57. The van der Waals surface area contributed by atoms with E-state index in [1.807, 2.05) is 6.92 Å². The van der Waals surface area contributed by atoms with Crippen molar-refractivity contribution in [3.63, 3.8) is 0 Å². The van der Waals surface area contributed by atoms with Crippen LogP contribution >= 0.6 is 0 Å². The lowest BCUT2D eigenvalue weighted by Crippen LogP contribution is -2.50. The number of methoxy groups -OCH3 is 1. The minimum absolute atomic E-state index is 0.119. The third-order valence-corrected chi connectivity index (χ3v) is 5.24. The number of hydrogen-bond acceptors (Lipinski definition) is 4. The Morgan fingerprint density at radius 2 is 1.83 bits per heavy atom. The smallest absolute Gasteiger partial charge is 0.246 e. The third-order valence-electron chi connectivity index (χ3n) is 4.06. The number of benzene rings is 1. The number of carbonyl (C=O) groups is 1. The SMILES string of the molecule is CCC(C(=O)N1CCCC1)N(c1ccc(OC)cc1)S(C)(=O)=O. The summed E-state index contributed by atoms with van der Waals surface area (Å²) in [6.45, 7) is 3.24. The van der Waals surface area contributed by atoms with Gasteiger partial charge < -0.3 is 9.64 Å². The Labute approximate surface area is 138 Å². The van der Waals surface area contributed by atoms with E-state index in [2.05, 4.69) is 0 Å². The second-order valence-electron chi connectivity index (χ2n) is 5.71. The molecule has 1 aromatic carbocycles. The van der Waals surface area contributed by atoms with Crippen molar-refractivity contribution in [3.05, 3.63) is 24.3 Å². The molecule has 1 unspecified atom stereocenters. The fourth-order valence-corrected chi connectivity index (χ4v) is 4.13. The molecule has 1 heterocycles. The summed E-state index contributed by atoms with van der Waals surface area (Å²) in [4.78, 5) is 14.5. The monoisotopic (exact) mass is 340 g/mol. The first-order valence-corrected chi connectivity index (χ1v) is 9.65. The molecule has 1 aliphatic heterocycles. The molecule has 2 rings (SSSR count). The molecule has 1 aliphatic rings. The van der Waals surface area contributed by atoms with E-state index in [1.165, 1.54) is 4.31 Å². The summed E-state index contributed by atoms with van der Waals surface area (Å²) < 4.78 is 31.0. The van der Waals surface area contributed by atoms with E-state index in [0.717, 1.165) is 19.1 Å². The quantitative estimate of drug-likeness (QED) is 0.793. The fraction of sp³-hybridized carbons (Fsp3) is 0.562. The lowest BCUT2D eigenvalue weighted by atomic mass is 10.1. The maximum absolute atomic E-state index is 12.8. The van der Waals surface area contributed by atoms with Crippen LogP contribution in [0.4, 0.5) is 5.69 Å². The number of likely N-dealkylation sites (tertiary alicyclic amines) is 1. The van der Waals surface area contributed by atoms with Gasteiger partial charge in [-0.2, -0.15) is 0 Å². The third kappa shape index (κ3) is 3.96. The largest absolute Gasteiger partial charge is 0.497 e. The zero-order valence-corrected chi connectivity index (χ0v) is 14.7. The van der Waals surface area contributed by atoms with Crippen molar-refractivity contribution in [3.8, 4) is 5.75 Å². The maximum Gasteiger partial charge on any atom is 0.246 e. The lowest BCUT2D eigenvalue weighted by molar-refractivity contribution is -0.131. The highest BCUT2D eigenvalue weighted by molar-refractivity contribution is 7.92. The van der Waals surface area contributed by atoms with Crippen molar-refractivity contribution in [2.24, 2.45) is 0 Å². The van der Waals surface area contributed by atoms with Gasteiger partial charge in [0.05, 0.1) is 19.1 Å². The van der Waals surface area contributed by atoms with E-state index in [9.17, 15) is 13.2 Å². The van der Waals surface area contributed by atoms with Crippen LogP contribution in [0.5, 0.6) is 5.75 Å². The molecule has 1 fully saturated rings. The summed E-state index contributed by atoms with van der Waals surface area (Å²) in [5, 5.41) is 0. The predicted molar refractivity (Wildman–Crippen MR) is 90.2 cm³/mol. The summed E-state index contributed by atoms with van der Waals surface area (Å²) in [5.41, 5.74) is 0.479. The van der Waals surface area contributed by atoms with Crippen LogP contribution in [0.1, 0.15) is 26.2 Å². The van der Waals surface area contributed by atoms with Gasteiger partial charge in [-0.15, -0.1) is 0 Å². The molecule has 0 bridgehead atoms. The molecule has 23 heavy (non-hydrogen) atoms. The average Bonchev–Trinajstić information content (AvgIpc) is 3.05. The molecule has 1 aromatic rings. The Morgan fingerprint density at radius 3 is 2.26 bits per heavy atom. The zero-order chi connectivity index (χ0) is 17.0. The Kier molecular flexibility index (Phi) is 5.51. The molecule has 7 heteroatoms. The highest BCUT2D eigenvalue weighted by Gasteiger charge is 2.34. The number of nitrogens with zero attached hydrogens (tertiary/aromatic N) is 2. The van der Waals surface area contributed by atoms with Crippen LogP contribution < -0.4 is 9.04 Å². The van der Waals surface area contributed by atoms with Gasteiger partial charge in [-0.05, 0) is 43.5 Å². The summed E-state index contributed by atoms with van der Waals surface area (Å²) in [7, 11) is -2.03. The summed E-state index contributed by atoms with van der Waals surface area (Å²) in [6.07, 6.45) is 3.51. The van der Waals surface area contributed by atoms with Crippen LogP contribution in [0.2, 0.25) is 0 Å². The van der Waals surface area contributed by atoms with E-state index in [4.69, 9.17) is 4.74 Å². The van der Waals surface area contributed by atoms with Gasteiger partial charge in [0.15, 0.2) is 0 Å². The molecule has 0 N–H and O–H groups in total. The first-order chi connectivity index (χ1) is 10.9. The van der Waals surface area contributed by atoms with Crippen LogP contribution in [-0.2, 0) is 14.8 Å². The normalized spacial score (nSPS) is 16.2. The number of rotatable bonds is 6. The molecule has 0 aromatic heterocycles. The highest BCUT2D eigenvalue weighted by Crippen LogP contribution is 2.26. The van der Waals surface area contributed by atoms with E-state index in [-0.39, 0.29) is 5.91 Å². The Bertz CT molecular complexity index is 637. The predicted octanol–water partition coefficient (Wildman–Crippen LogP) is 1.86. The van der Waals surface area contributed by atoms with E-state index in [1.54, 1.807) is 36.3 Å². The molecule has 0 aliphatic carbocycles. The van der Waals surface area contributed by atoms with Crippen molar-refractivity contribution in [2.75, 3.05) is 30.8 Å². The standard InChI is InChI=1S/C16H24N2O4S/c1-4-15(16(19)17-11-5-6-12-17)18(23(3,20)21)13-7-9-14(22-2)10-8-13/h7-10,15H,4-6,11-12H2,1-3H3. The van der Waals surface area contributed by atoms with Crippen LogP contribution in [0.25, 0.3) is 0 Å². The molecule has 1 amide bonds. The van der Waals surface area contributed by atoms with Crippen LogP contribution in [0.3, 0.4) is 0 Å². The van der Waals surface area contributed by atoms with Crippen LogP contribution in [0.15, 0.2) is 24.3 Å². The van der Waals surface area contributed by atoms with E-state index >= 15 is 0 Å². The van der Waals surface area contributed by atoms with Crippen LogP contribution in [-0.4, -0.2) is 51.7 Å². The lowest BCUT2D eigenvalue weighted by Gasteiger charge is -2.32. The number of sulfonamides is 1. The second kappa shape index (κ2) is 7.21. The zero-order valence-electron chi connectivity index (χ0n) is 13.9. The van der Waals surface area contributed by atoms with Crippen molar-refractivity contribution in [2.45, 2.75) is 32.2 Å². The topological polar surface area (TPSA) is 66.9 Å². The van der Waals surface area contributed by atoms with Crippen molar-refractivity contribution in [1.82, 2.24) is 4.90 Å². The molecule has 6 nitrogen and oxygen atoms in total. The van der Waals surface area contributed by atoms with Gasteiger partial charge in [-0.25, -0.2) is 8.42 Å². The molecule has 1 atom stereocenters. The number of carbonyl (C=O) groups excluding carboxylic acids is 1. The van der Waals surface area contributed by atoms with Crippen molar-refractivity contribution >= 4 is 21.6 Å². The maximum atomic E-state index is 12.8. The fourth-order valence-electron chi connectivity index (χ4n) is 2.92. The first kappa shape index (κ1) is 17.6. The summed E-state index contributed by atoms with van der Waals surface area (Å²) in [5.74, 6) is 0.521. The molecule has 0 radical (unpaired) electrons. The molecule has 1 saturated heterocycles. The minimum atomic E-state index is -3.58. The van der Waals surface area contributed by atoms with Gasteiger partial charge in [0.25, 0.3) is 0 Å². The molecule has 0 saturated carbocycles. The van der Waals surface area contributed by atoms with E-state index in [0.29, 0.717) is 30.9 Å². The van der Waals surface area contributed by atoms with Gasteiger partial charge in [-0.3, -0.25) is 9.10 Å². The molecule has 0 spiro atoms. The van der Waals surface area contributed by atoms with Crippen LogP contribution in [0, 0.1) is 0 Å². The molecule has 128 valence electrons. The van der Waals surface area contributed by atoms with Crippen molar-refractivity contribution < 1.29 is 17.9 Å². The molecular formula is C16H24N2O4S. The first-order valence-electron chi connectivity index (χ1n) is 7.80. The number of amides is 1. The summed E-state index contributed by atoms with van der Waals surface area (Å²) >= 11 is 0. The number of ether oxygens (including phenoxy) is 1. The highest BCUT2D eigenvalue weighted by atomic mass is 32.2. The average molecular weight is 340 g/mol. The van der Waals surface area contributed by atoms with Gasteiger partial charge >= 0.3 is 0 Å². The Morgan fingerprint density at radius 1 is 1.26 bits per heavy atom. The Hall–Kier alpha value is -1.76. The number of anilines is 1. The van der Waals surface area contributed by atoms with Gasteiger partial charge in [0.1, 0.15) is 11.8 Å². The Balaban J connectivity index is 2.37. The number of hydrogen-bond donors (Lipinski definition) is 0. The van der Waals surface area contributed by atoms with Gasteiger partial charge in [0.2, 0.25) is 15.9 Å². The van der Waals surface area contributed by atoms with Gasteiger partial charge in [0, 0.05) is 13.1 Å². The minimum Gasteiger partial charge on any atom is -0.497 e. The molecular weight excluding hydrogens is 316 g/mol. The van der Waals surface area contributed by atoms with Crippen molar-refractivity contribution in [1.29, 1.82) is 0 Å². The van der Waals surface area contributed by atoms with E-state index < -0.39 is 16.1 Å². The summed E-state index contributed by atoms with van der Waals surface area (Å²) in [6, 6.07) is 6.01.